The van der Waals surface area contributed by atoms with Gasteiger partial charge in [0, 0.05) is 18.0 Å². The average molecular weight is 257 g/mol. The summed E-state index contributed by atoms with van der Waals surface area (Å²) in [4.78, 5) is 0. The van der Waals surface area contributed by atoms with Crippen molar-refractivity contribution in [1.29, 1.82) is 0 Å². The topological polar surface area (TPSA) is 34.4 Å². The lowest BCUT2D eigenvalue weighted by Gasteiger charge is -2.20. The van der Waals surface area contributed by atoms with E-state index < -0.39 is 0 Å². The quantitative estimate of drug-likeness (QED) is 0.913. The van der Waals surface area contributed by atoms with Gasteiger partial charge in [0.15, 0.2) is 0 Å². The van der Waals surface area contributed by atoms with Crippen molar-refractivity contribution in [3.05, 3.63) is 36.1 Å². The summed E-state index contributed by atoms with van der Waals surface area (Å²) in [7, 11) is 0. The third-order valence-corrected chi connectivity index (χ3v) is 4.19. The molecule has 0 bridgehead atoms. The highest BCUT2D eigenvalue weighted by molar-refractivity contribution is 5.77. The number of nitrogens with one attached hydrogen (secondary N) is 1. The van der Waals surface area contributed by atoms with Gasteiger partial charge in [-0.05, 0) is 37.3 Å². The first-order chi connectivity index (χ1) is 9.40. The van der Waals surface area contributed by atoms with E-state index in [1.165, 1.54) is 18.2 Å². The molecule has 3 nitrogen and oxygen atoms in total. The SMILES string of the molecule is c1ccc2oc([C@H](N[C@H]3CCOC3)C3CC3)cc2c1. The van der Waals surface area contributed by atoms with Gasteiger partial charge in [0.05, 0.1) is 12.6 Å². The predicted molar refractivity (Wildman–Crippen MR) is 74.0 cm³/mol. The number of hydrogen-bond acceptors (Lipinski definition) is 3. The van der Waals surface area contributed by atoms with Crippen LogP contribution in [0.25, 0.3) is 11.0 Å². The highest BCUT2D eigenvalue weighted by Crippen LogP contribution is 2.42. The second-order valence-corrected chi connectivity index (χ2v) is 5.73. The first kappa shape index (κ1) is 11.5. The van der Waals surface area contributed by atoms with E-state index >= 15 is 0 Å². The molecule has 100 valence electrons. The van der Waals surface area contributed by atoms with Crippen molar-refractivity contribution >= 4 is 11.0 Å². The van der Waals surface area contributed by atoms with Crippen molar-refractivity contribution in [3.63, 3.8) is 0 Å². The number of furan rings is 1. The zero-order valence-electron chi connectivity index (χ0n) is 11.0. The maximum absolute atomic E-state index is 6.04. The largest absolute Gasteiger partial charge is 0.459 e. The van der Waals surface area contributed by atoms with Gasteiger partial charge in [0.1, 0.15) is 11.3 Å². The van der Waals surface area contributed by atoms with Gasteiger partial charge in [-0.2, -0.15) is 0 Å². The zero-order chi connectivity index (χ0) is 12.7. The second kappa shape index (κ2) is 4.66. The van der Waals surface area contributed by atoms with E-state index in [-0.39, 0.29) is 0 Å². The van der Waals surface area contributed by atoms with E-state index in [1.807, 2.05) is 12.1 Å². The molecule has 2 fully saturated rings. The van der Waals surface area contributed by atoms with Crippen molar-refractivity contribution < 1.29 is 9.15 Å². The molecule has 0 spiro atoms. The standard InChI is InChI=1S/C16H19NO2/c1-2-4-14-12(3-1)9-15(19-14)16(11-5-6-11)17-13-7-8-18-10-13/h1-4,9,11,13,16-17H,5-8,10H2/t13-,16+/m0/s1. The minimum Gasteiger partial charge on any atom is -0.459 e. The van der Waals surface area contributed by atoms with Crippen LogP contribution in [-0.2, 0) is 4.74 Å². The van der Waals surface area contributed by atoms with Gasteiger partial charge in [-0.1, -0.05) is 18.2 Å². The number of hydrogen-bond donors (Lipinski definition) is 1. The highest BCUT2D eigenvalue weighted by atomic mass is 16.5. The van der Waals surface area contributed by atoms with Crippen LogP contribution in [0.1, 0.15) is 31.1 Å². The fourth-order valence-electron chi connectivity index (χ4n) is 2.96. The molecule has 2 atom stereocenters. The summed E-state index contributed by atoms with van der Waals surface area (Å²) in [6.45, 7) is 1.72. The predicted octanol–water partition coefficient (Wildman–Crippen LogP) is 3.26. The maximum atomic E-state index is 6.04. The highest BCUT2D eigenvalue weighted by Gasteiger charge is 2.36. The Labute approximate surface area is 112 Å². The van der Waals surface area contributed by atoms with Crippen LogP contribution in [0.5, 0.6) is 0 Å². The molecule has 1 saturated heterocycles. The molecule has 19 heavy (non-hydrogen) atoms. The molecule has 1 aromatic carbocycles. The van der Waals surface area contributed by atoms with E-state index in [0.29, 0.717) is 12.1 Å². The third kappa shape index (κ3) is 2.28. The molecule has 1 aliphatic heterocycles. The van der Waals surface area contributed by atoms with E-state index in [9.17, 15) is 0 Å². The molecule has 0 amide bonds. The molecule has 1 N–H and O–H groups in total. The molecular formula is C16H19NO2. The first-order valence-electron chi connectivity index (χ1n) is 7.22. The lowest BCUT2D eigenvalue weighted by molar-refractivity contribution is 0.186. The Morgan fingerprint density at radius 3 is 2.79 bits per heavy atom. The number of para-hydroxylation sites is 1. The molecule has 0 unspecified atom stereocenters. The molecule has 4 rings (SSSR count). The van der Waals surface area contributed by atoms with Crippen molar-refractivity contribution in [2.75, 3.05) is 13.2 Å². The summed E-state index contributed by atoms with van der Waals surface area (Å²) in [5.41, 5.74) is 0.993. The van der Waals surface area contributed by atoms with E-state index in [2.05, 4.69) is 23.5 Å². The van der Waals surface area contributed by atoms with Gasteiger partial charge in [0.25, 0.3) is 0 Å². The number of fused-ring (bicyclic) bond motifs is 1. The van der Waals surface area contributed by atoms with Gasteiger partial charge >= 0.3 is 0 Å². The van der Waals surface area contributed by atoms with Gasteiger partial charge in [-0.25, -0.2) is 0 Å². The normalized spacial score (nSPS) is 24.9. The van der Waals surface area contributed by atoms with Gasteiger partial charge in [0.2, 0.25) is 0 Å². The third-order valence-electron chi connectivity index (χ3n) is 4.19. The summed E-state index contributed by atoms with van der Waals surface area (Å²) >= 11 is 0. The molecule has 1 aliphatic carbocycles. The summed E-state index contributed by atoms with van der Waals surface area (Å²) in [5, 5.41) is 4.94. The van der Waals surface area contributed by atoms with Crippen LogP contribution in [0.2, 0.25) is 0 Å². The molecule has 3 heteroatoms. The summed E-state index contributed by atoms with van der Waals surface area (Å²) in [6, 6.07) is 11.3. The van der Waals surface area contributed by atoms with Crippen LogP contribution < -0.4 is 5.32 Å². The Bertz CT molecular complexity index is 534. The van der Waals surface area contributed by atoms with Crippen LogP contribution in [0, 0.1) is 5.92 Å². The molecular weight excluding hydrogens is 238 g/mol. The minimum absolute atomic E-state index is 0.360. The maximum Gasteiger partial charge on any atom is 0.134 e. The van der Waals surface area contributed by atoms with Gasteiger partial charge in [-0.15, -0.1) is 0 Å². The van der Waals surface area contributed by atoms with Crippen LogP contribution >= 0.6 is 0 Å². The minimum atomic E-state index is 0.360. The van der Waals surface area contributed by atoms with Crippen molar-refractivity contribution in [2.24, 2.45) is 5.92 Å². The number of ether oxygens (including phenoxy) is 1. The molecule has 2 aliphatic rings. The Hall–Kier alpha value is -1.32. The van der Waals surface area contributed by atoms with E-state index in [4.69, 9.17) is 9.15 Å². The molecule has 1 saturated carbocycles. The van der Waals surface area contributed by atoms with Crippen molar-refractivity contribution in [3.8, 4) is 0 Å². The van der Waals surface area contributed by atoms with E-state index in [1.54, 1.807) is 0 Å². The van der Waals surface area contributed by atoms with Crippen LogP contribution in [-0.4, -0.2) is 19.3 Å². The van der Waals surface area contributed by atoms with Crippen molar-refractivity contribution in [1.82, 2.24) is 5.32 Å². The Morgan fingerprint density at radius 1 is 1.16 bits per heavy atom. The first-order valence-corrected chi connectivity index (χ1v) is 7.22. The average Bonchev–Trinajstić information content (AvgIpc) is 2.99. The number of benzene rings is 1. The number of rotatable bonds is 4. The van der Waals surface area contributed by atoms with Crippen LogP contribution in [0.15, 0.2) is 34.7 Å². The summed E-state index contributed by atoms with van der Waals surface area (Å²) < 4.78 is 11.5. The Balaban J connectivity index is 1.61. The zero-order valence-corrected chi connectivity index (χ0v) is 11.0. The van der Waals surface area contributed by atoms with Crippen molar-refractivity contribution in [2.45, 2.75) is 31.3 Å². The molecule has 2 aromatic rings. The Kier molecular flexibility index (Phi) is 2.82. The fourth-order valence-corrected chi connectivity index (χ4v) is 2.96. The molecule has 1 aromatic heterocycles. The molecule has 2 heterocycles. The van der Waals surface area contributed by atoms with Gasteiger partial charge < -0.3 is 14.5 Å². The lowest BCUT2D eigenvalue weighted by Crippen LogP contribution is -2.34. The molecule has 0 radical (unpaired) electrons. The van der Waals surface area contributed by atoms with E-state index in [0.717, 1.165) is 36.9 Å². The Morgan fingerprint density at radius 2 is 2.05 bits per heavy atom. The van der Waals surface area contributed by atoms with Crippen LogP contribution in [0.4, 0.5) is 0 Å². The second-order valence-electron chi connectivity index (χ2n) is 5.73. The lowest BCUT2D eigenvalue weighted by atomic mass is 10.1. The fraction of sp³-hybridized carbons (Fsp3) is 0.500. The summed E-state index contributed by atoms with van der Waals surface area (Å²) in [5.74, 6) is 1.83. The summed E-state index contributed by atoms with van der Waals surface area (Å²) in [6.07, 6.45) is 3.73. The van der Waals surface area contributed by atoms with Crippen LogP contribution in [0.3, 0.4) is 0 Å². The monoisotopic (exact) mass is 257 g/mol. The smallest absolute Gasteiger partial charge is 0.134 e. The van der Waals surface area contributed by atoms with Gasteiger partial charge in [-0.3, -0.25) is 0 Å².